The zero-order chi connectivity index (χ0) is 18.3. The first kappa shape index (κ1) is 23.0. The normalized spacial score (nSPS) is 11.8. The molecule has 0 aliphatic carbocycles. The van der Waals surface area contributed by atoms with Gasteiger partial charge in [-0.05, 0) is 61.7 Å². The summed E-state index contributed by atoms with van der Waals surface area (Å²) in [4.78, 5) is 0. The molecule has 0 aliphatic heterocycles. The van der Waals surface area contributed by atoms with Crippen LogP contribution in [-0.2, 0) is 4.43 Å². The summed E-state index contributed by atoms with van der Waals surface area (Å²) >= 11 is 0. The van der Waals surface area contributed by atoms with Crippen LogP contribution in [-0.4, -0.2) is 14.9 Å². The van der Waals surface area contributed by atoms with E-state index in [4.69, 9.17) is 4.43 Å². The molecule has 0 radical (unpaired) electrons. The van der Waals surface area contributed by atoms with Gasteiger partial charge in [0.1, 0.15) is 0 Å². The SMILES string of the molecule is CCCCCC#CC#C/C=C/CCCCCO[Si](C)(C)C(C)(C)C. The highest BCUT2D eigenvalue weighted by Gasteiger charge is 2.36. The van der Waals surface area contributed by atoms with Gasteiger partial charge >= 0.3 is 0 Å². The Balaban J connectivity index is 3.64. The molecule has 0 bridgehead atoms. The molecule has 0 N–H and O–H groups in total. The molecule has 0 aromatic rings. The van der Waals surface area contributed by atoms with Gasteiger partial charge in [0.2, 0.25) is 0 Å². The van der Waals surface area contributed by atoms with Crippen LogP contribution in [0, 0.1) is 23.7 Å². The van der Waals surface area contributed by atoms with Gasteiger partial charge in [-0.1, -0.05) is 64.9 Å². The lowest BCUT2D eigenvalue weighted by atomic mass is 10.2. The standard InChI is InChI=1S/C22H38OSi/c1-7-8-9-10-11-12-13-14-15-16-17-18-19-20-21-23-24(5,6)22(2,3)4/h15-16H,7-10,17-21H2,1-6H3/b16-15+. The lowest BCUT2D eigenvalue weighted by molar-refractivity contribution is 0.278. The van der Waals surface area contributed by atoms with Gasteiger partial charge in [0, 0.05) is 13.0 Å². The zero-order valence-corrected chi connectivity index (χ0v) is 17.9. The molecule has 0 rings (SSSR count). The molecule has 1 nitrogen and oxygen atoms in total. The van der Waals surface area contributed by atoms with Gasteiger partial charge < -0.3 is 4.43 Å². The first-order valence-corrected chi connectivity index (χ1v) is 12.5. The molecule has 0 aromatic carbocycles. The molecule has 0 amide bonds. The summed E-state index contributed by atoms with van der Waals surface area (Å²) in [5, 5.41) is 0.313. The monoisotopic (exact) mass is 346 g/mol. The lowest BCUT2D eigenvalue weighted by Gasteiger charge is -2.36. The predicted molar refractivity (Wildman–Crippen MR) is 110 cm³/mol. The Kier molecular flexibility index (Phi) is 12.8. The van der Waals surface area contributed by atoms with Crippen molar-refractivity contribution in [2.75, 3.05) is 6.61 Å². The topological polar surface area (TPSA) is 9.23 Å². The van der Waals surface area contributed by atoms with Crippen molar-refractivity contribution in [3.63, 3.8) is 0 Å². The maximum absolute atomic E-state index is 6.18. The molecule has 0 aliphatic rings. The Morgan fingerprint density at radius 1 is 0.958 bits per heavy atom. The van der Waals surface area contributed by atoms with Crippen molar-refractivity contribution < 1.29 is 4.43 Å². The van der Waals surface area contributed by atoms with E-state index in [1.807, 2.05) is 6.08 Å². The van der Waals surface area contributed by atoms with Crippen LogP contribution in [0.15, 0.2) is 12.2 Å². The molecule has 136 valence electrons. The highest BCUT2D eigenvalue weighted by molar-refractivity contribution is 6.74. The van der Waals surface area contributed by atoms with Crippen molar-refractivity contribution in [2.24, 2.45) is 0 Å². The van der Waals surface area contributed by atoms with Crippen LogP contribution in [0.1, 0.15) is 79.1 Å². The number of hydrogen-bond donors (Lipinski definition) is 0. The fourth-order valence-electron chi connectivity index (χ4n) is 1.87. The highest BCUT2D eigenvalue weighted by Crippen LogP contribution is 2.36. The minimum Gasteiger partial charge on any atom is -0.417 e. The maximum Gasteiger partial charge on any atom is 0.191 e. The van der Waals surface area contributed by atoms with Gasteiger partial charge in [-0.3, -0.25) is 0 Å². The van der Waals surface area contributed by atoms with Crippen molar-refractivity contribution in [3.8, 4) is 23.7 Å². The minimum atomic E-state index is -1.56. The smallest absolute Gasteiger partial charge is 0.191 e. The van der Waals surface area contributed by atoms with E-state index in [-0.39, 0.29) is 0 Å². The molecule has 0 aromatic heterocycles. The van der Waals surface area contributed by atoms with Crippen molar-refractivity contribution in [2.45, 2.75) is 97.2 Å². The first-order chi connectivity index (χ1) is 11.3. The highest BCUT2D eigenvalue weighted by atomic mass is 28.4. The molecular formula is C22H38OSi. The van der Waals surface area contributed by atoms with E-state index in [2.05, 4.69) is 70.5 Å². The molecule has 0 saturated heterocycles. The van der Waals surface area contributed by atoms with Crippen molar-refractivity contribution >= 4 is 8.32 Å². The van der Waals surface area contributed by atoms with Crippen molar-refractivity contribution in [3.05, 3.63) is 12.2 Å². The third-order valence-electron chi connectivity index (χ3n) is 4.61. The van der Waals surface area contributed by atoms with Crippen LogP contribution in [0.5, 0.6) is 0 Å². The Hall–Kier alpha value is -0.963. The number of allylic oxidation sites excluding steroid dienone is 2. The number of hydrogen-bond acceptors (Lipinski definition) is 1. The van der Waals surface area contributed by atoms with E-state index < -0.39 is 8.32 Å². The Morgan fingerprint density at radius 3 is 2.38 bits per heavy atom. The van der Waals surface area contributed by atoms with Gasteiger partial charge in [-0.2, -0.15) is 0 Å². The molecule has 0 atom stereocenters. The van der Waals surface area contributed by atoms with E-state index in [1.165, 1.54) is 32.1 Å². The quantitative estimate of drug-likeness (QED) is 0.242. The molecule has 0 fully saturated rings. The molecular weight excluding hydrogens is 308 g/mol. The molecule has 0 heterocycles. The van der Waals surface area contributed by atoms with E-state index in [0.29, 0.717) is 5.04 Å². The van der Waals surface area contributed by atoms with Gasteiger partial charge in [0.25, 0.3) is 0 Å². The summed E-state index contributed by atoms with van der Waals surface area (Å²) in [6.45, 7) is 14.6. The third-order valence-corrected chi connectivity index (χ3v) is 9.15. The maximum atomic E-state index is 6.18. The second kappa shape index (κ2) is 13.3. The molecule has 24 heavy (non-hydrogen) atoms. The van der Waals surface area contributed by atoms with E-state index in [0.717, 1.165) is 25.9 Å². The third kappa shape index (κ3) is 12.5. The number of unbranched alkanes of at least 4 members (excludes halogenated alkanes) is 6. The average molecular weight is 347 g/mol. The van der Waals surface area contributed by atoms with Crippen LogP contribution in [0.4, 0.5) is 0 Å². The van der Waals surface area contributed by atoms with Crippen LogP contribution in [0.3, 0.4) is 0 Å². The summed E-state index contributed by atoms with van der Waals surface area (Å²) in [5.74, 6) is 11.9. The van der Waals surface area contributed by atoms with Crippen LogP contribution in [0.25, 0.3) is 0 Å². The van der Waals surface area contributed by atoms with E-state index >= 15 is 0 Å². The molecule has 2 heteroatoms. The molecule has 0 spiro atoms. The Bertz CT molecular complexity index is 460. The van der Waals surface area contributed by atoms with Crippen molar-refractivity contribution in [1.82, 2.24) is 0 Å². The first-order valence-electron chi connectivity index (χ1n) is 9.58. The zero-order valence-electron chi connectivity index (χ0n) is 16.9. The summed E-state index contributed by atoms with van der Waals surface area (Å²) < 4.78 is 6.18. The fourth-order valence-corrected chi connectivity index (χ4v) is 2.96. The van der Waals surface area contributed by atoms with E-state index in [1.54, 1.807) is 0 Å². The lowest BCUT2D eigenvalue weighted by Crippen LogP contribution is -2.40. The van der Waals surface area contributed by atoms with Gasteiger partial charge in [0.15, 0.2) is 8.32 Å². The second-order valence-corrected chi connectivity index (χ2v) is 12.7. The van der Waals surface area contributed by atoms with Crippen molar-refractivity contribution in [1.29, 1.82) is 0 Å². The van der Waals surface area contributed by atoms with Gasteiger partial charge in [-0.15, -0.1) is 0 Å². The molecule has 0 unspecified atom stereocenters. The molecule has 0 saturated carbocycles. The summed E-state index contributed by atoms with van der Waals surface area (Å²) in [5.41, 5.74) is 0. The van der Waals surface area contributed by atoms with Gasteiger partial charge in [0.05, 0.1) is 0 Å². The predicted octanol–water partition coefficient (Wildman–Crippen LogP) is 6.71. The Morgan fingerprint density at radius 2 is 1.71 bits per heavy atom. The van der Waals surface area contributed by atoms with Gasteiger partial charge in [-0.25, -0.2) is 0 Å². The summed E-state index contributed by atoms with van der Waals surface area (Å²) in [7, 11) is -1.56. The summed E-state index contributed by atoms with van der Waals surface area (Å²) in [6.07, 6.45) is 13.5. The average Bonchev–Trinajstić information content (AvgIpc) is 2.50. The van der Waals surface area contributed by atoms with Crippen LogP contribution in [0.2, 0.25) is 18.1 Å². The van der Waals surface area contributed by atoms with E-state index in [9.17, 15) is 0 Å². The minimum absolute atomic E-state index is 0.313. The number of rotatable bonds is 10. The largest absolute Gasteiger partial charge is 0.417 e. The fraction of sp³-hybridized carbons (Fsp3) is 0.727. The second-order valence-electron chi connectivity index (χ2n) is 7.89. The summed E-state index contributed by atoms with van der Waals surface area (Å²) in [6, 6.07) is 0. The Labute approximate surface area is 152 Å². The van der Waals surface area contributed by atoms with Crippen LogP contribution < -0.4 is 0 Å². The van der Waals surface area contributed by atoms with Crippen LogP contribution >= 0.6 is 0 Å².